The Bertz CT molecular complexity index is 969. The lowest BCUT2D eigenvalue weighted by Gasteiger charge is -2.36. The van der Waals surface area contributed by atoms with Gasteiger partial charge in [0.25, 0.3) is 0 Å². The van der Waals surface area contributed by atoms with Crippen LogP contribution in [-0.2, 0) is 16.1 Å². The van der Waals surface area contributed by atoms with Crippen LogP contribution in [0.3, 0.4) is 0 Å². The van der Waals surface area contributed by atoms with Crippen LogP contribution in [-0.4, -0.2) is 65.1 Å². The third-order valence-electron chi connectivity index (χ3n) is 4.88. The summed E-state index contributed by atoms with van der Waals surface area (Å²) in [5, 5.41) is 3.27. The molecule has 1 aliphatic heterocycles. The number of carbonyl (C=O) groups is 1. The highest BCUT2D eigenvalue weighted by molar-refractivity contribution is 5.85. The molecule has 0 aliphatic carbocycles. The van der Waals surface area contributed by atoms with Gasteiger partial charge in [-0.25, -0.2) is 15.0 Å². The second-order valence-electron chi connectivity index (χ2n) is 6.95. The van der Waals surface area contributed by atoms with Crippen LogP contribution in [0.5, 0.6) is 0 Å². The summed E-state index contributed by atoms with van der Waals surface area (Å²) >= 11 is 0. The second-order valence-corrected chi connectivity index (χ2v) is 6.95. The van der Waals surface area contributed by atoms with Crippen LogP contribution in [0, 0.1) is 0 Å². The number of anilines is 2. The van der Waals surface area contributed by atoms with Crippen molar-refractivity contribution in [3.8, 4) is 0 Å². The maximum absolute atomic E-state index is 12.9. The number of nitrogens with one attached hydrogen (secondary N) is 1. The third-order valence-corrected chi connectivity index (χ3v) is 4.88. The van der Waals surface area contributed by atoms with E-state index in [1.54, 1.807) is 25.6 Å². The van der Waals surface area contributed by atoms with E-state index in [9.17, 15) is 4.79 Å². The number of rotatable bonds is 6. The first-order valence-corrected chi connectivity index (χ1v) is 9.60. The molecule has 0 spiro atoms. The van der Waals surface area contributed by atoms with Crippen LogP contribution in [0.15, 0.2) is 41.1 Å². The number of oxazole rings is 1. The van der Waals surface area contributed by atoms with Gasteiger partial charge in [-0.3, -0.25) is 4.79 Å². The molecule has 1 N–H and O–H groups in total. The average Bonchev–Trinajstić information content (AvgIpc) is 3.16. The molecule has 1 amide bonds. The zero-order chi connectivity index (χ0) is 20.2. The Labute approximate surface area is 168 Å². The molecule has 152 valence electrons. The maximum Gasteiger partial charge on any atom is 0.244 e. The highest BCUT2D eigenvalue weighted by atomic mass is 16.5. The number of fused-ring (bicyclic) bond motifs is 1. The van der Waals surface area contributed by atoms with Gasteiger partial charge < -0.3 is 24.3 Å². The summed E-state index contributed by atoms with van der Waals surface area (Å²) in [5.41, 5.74) is 2.26. The van der Waals surface area contributed by atoms with Crippen molar-refractivity contribution < 1.29 is 13.9 Å². The summed E-state index contributed by atoms with van der Waals surface area (Å²) in [5.74, 6) is 1.31. The van der Waals surface area contributed by atoms with Gasteiger partial charge in [0, 0.05) is 51.4 Å². The first-order valence-electron chi connectivity index (χ1n) is 9.60. The van der Waals surface area contributed by atoms with Crippen LogP contribution in [0.25, 0.3) is 11.1 Å². The Morgan fingerprint density at radius 2 is 2.00 bits per heavy atom. The van der Waals surface area contributed by atoms with E-state index in [2.05, 4.69) is 25.2 Å². The minimum absolute atomic E-state index is 0.0685. The van der Waals surface area contributed by atoms with E-state index in [-0.39, 0.29) is 11.9 Å². The van der Waals surface area contributed by atoms with Crippen LogP contribution in [0.4, 0.5) is 11.6 Å². The van der Waals surface area contributed by atoms with Crippen molar-refractivity contribution in [1.29, 1.82) is 0 Å². The third kappa shape index (κ3) is 4.29. The fourth-order valence-electron chi connectivity index (χ4n) is 3.42. The Balaban J connectivity index is 1.35. The molecule has 9 heteroatoms. The van der Waals surface area contributed by atoms with Gasteiger partial charge in [0.2, 0.25) is 17.7 Å². The minimum atomic E-state index is -0.350. The number of piperazine rings is 1. The van der Waals surface area contributed by atoms with E-state index < -0.39 is 0 Å². The van der Waals surface area contributed by atoms with E-state index in [4.69, 9.17) is 9.15 Å². The van der Waals surface area contributed by atoms with Gasteiger partial charge >= 0.3 is 0 Å². The van der Waals surface area contributed by atoms with Crippen molar-refractivity contribution in [2.45, 2.75) is 19.6 Å². The first kappa shape index (κ1) is 19.1. The molecule has 2 aromatic heterocycles. The number of benzene rings is 1. The number of nitrogens with zero attached hydrogens (tertiary/aromatic N) is 5. The van der Waals surface area contributed by atoms with Gasteiger partial charge in [-0.05, 0) is 31.2 Å². The highest BCUT2D eigenvalue weighted by Crippen LogP contribution is 2.21. The molecule has 0 saturated carbocycles. The summed E-state index contributed by atoms with van der Waals surface area (Å²) in [6.45, 7) is 4.92. The van der Waals surface area contributed by atoms with Gasteiger partial charge in [-0.2, -0.15) is 0 Å². The zero-order valence-electron chi connectivity index (χ0n) is 16.5. The maximum atomic E-state index is 12.9. The molecule has 0 radical (unpaired) electrons. The van der Waals surface area contributed by atoms with Gasteiger partial charge in [0.05, 0.1) is 0 Å². The van der Waals surface area contributed by atoms with Gasteiger partial charge in [0.1, 0.15) is 18.2 Å². The Hall–Kier alpha value is -3.20. The summed E-state index contributed by atoms with van der Waals surface area (Å²) in [7, 11) is 1.60. The number of ether oxygens (including phenoxy) is 1. The van der Waals surface area contributed by atoms with Crippen LogP contribution >= 0.6 is 0 Å². The predicted octanol–water partition coefficient (Wildman–Crippen LogP) is 1.91. The van der Waals surface area contributed by atoms with Crippen molar-refractivity contribution in [2.24, 2.45) is 0 Å². The summed E-state index contributed by atoms with van der Waals surface area (Å²) < 4.78 is 10.7. The molecule has 0 bridgehead atoms. The second kappa shape index (κ2) is 8.44. The number of hydrogen-bond acceptors (Lipinski definition) is 8. The lowest BCUT2D eigenvalue weighted by molar-refractivity contribution is -0.131. The highest BCUT2D eigenvalue weighted by Gasteiger charge is 2.26. The quantitative estimate of drug-likeness (QED) is 0.675. The van der Waals surface area contributed by atoms with E-state index in [0.29, 0.717) is 37.1 Å². The summed E-state index contributed by atoms with van der Waals surface area (Å²) in [4.78, 5) is 29.8. The summed E-state index contributed by atoms with van der Waals surface area (Å²) in [6, 6.07) is 7.06. The van der Waals surface area contributed by atoms with E-state index >= 15 is 0 Å². The molecule has 1 aliphatic rings. The SMILES string of the molecule is COCc1nc2cc(N[C@@H](C)C(=O)N3CCN(c4ncccn4)CC3)ccc2o1. The van der Waals surface area contributed by atoms with Crippen molar-refractivity contribution in [3.63, 3.8) is 0 Å². The molecule has 1 aromatic carbocycles. The number of amides is 1. The van der Waals surface area contributed by atoms with Gasteiger partial charge in [-0.1, -0.05) is 0 Å². The van der Waals surface area contributed by atoms with E-state index in [0.717, 1.165) is 24.3 Å². The minimum Gasteiger partial charge on any atom is -0.438 e. The summed E-state index contributed by atoms with van der Waals surface area (Å²) in [6.07, 6.45) is 3.46. The lowest BCUT2D eigenvalue weighted by atomic mass is 10.2. The molecule has 0 unspecified atom stereocenters. The monoisotopic (exact) mass is 396 g/mol. The number of carbonyl (C=O) groups excluding carboxylic acids is 1. The fraction of sp³-hybridized carbons (Fsp3) is 0.400. The molecule has 29 heavy (non-hydrogen) atoms. The van der Waals surface area contributed by atoms with Crippen LogP contribution in [0.1, 0.15) is 12.8 Å². The standard InChI is InChI=1S/C20H24N6O3/c1-14(23-15-4-5-17-16(12-15)24-18(29-17)13-28-2)19(27)25-8-10-26(11-9-25)20-21-6-3-7-22-20/h3-7,12,14,23H,8-11,13H2,1-2H3/t14-/m0/s1. The molecule has 9 nitrogen and oxygen atoms in total. The molecule has 1 saturated heterocycles. The Morgan fingerprint density at radius 1 is 1.24 bits per heavy atom. The smallest absolute Gasteiger partial charge is 0.244 e. The van der Waals surface area contributed by atoms with Gasteiger partial charge in [0.15, 0.2) is 5.58 Å². The molecule has 1 fully saturated rings. The van der Waals surface area contributed by atoms with Crippen molar-refractivity contribution in [2.75, 3.05) is 43.5 Å². The number of methoxy groups -OCH3 is 1. The topological polar surface area (TPSA) is 96.6 Å². The van der Waals surface area contributed by atoms with Gasteiger partial charge in [-0.15, -0.1) is 0 Å². The Morgan fingerprint density at radius 3 is 2.72 bits per heavy atom. The van der Waals surface area contributed by atoms with Crippen LogP contribution in [0.2, 0.25) is 0 Å². The molecular formula is C20H24N6O3. The van der Waals surface area contributed by atoms with Crippen molar-refractivity contribution in [3.05, 3.63) is 42.5 Å². The number of aromatic nitrogens is 3. The fourth-order valence-corrected chi connectivity index (χ4v) is 3.42. The number of hydrogen-bond donors (Lipinski definition) is 1. The van der Waals surface area contributed by atoms with Crippen molar-refractivity contribution in [1.82, 2.24) is 19.9 Å². The van der Waals surface area contributed by atoms with Crippen molar-refractivity contribution >= 4 is 28.6 Å². The molecule has 1 atom stereocenters. The first-order chi connectivity index (χ1) is 14.1. The van der Waals surface area contributed by atoms with E-state index in [1.807, 2.05) is 30.0 Å². The van der Waals surface area contributed by atoms with E-state index in [1.165, 1.54) is 0 Å². The van der Waals surface area contributed by atoms with Crippen LogP contribution < -0.4 is 10.2 Å². The largest absolute Gasteiger partial charge is 0.438 e. The zero-order valence-corrected chi connectivity index (χ0v) is 16.5. The normalized spacial score (nSPS) is 15.5. The Kier molecular flexibility index (Phi) is 5.57. The molecular weight excluding hydrogens is 372 g/mol. The molecule has 3 aromatic rings. The lowest BCUT2D eigenvalue weighted by Crippen LogP contribution is -2.52. The molecule has 3 heterocycles. The average molecular weight is 396 g/mol. The predicted molar refractivity (Wildman–Crippen MR) is 109 cm³/mol. The molecule has 4 rings (SSSR count).